The molecule has 0 unspecified atom stereocenters. The van der Waals surface area contributed by atoms with Crippen molar-refractivity contribution < 1.29 is 18.1 Å². The standard InChI is InChI=1S/C15H15N3O5S/c16-24(22,23)9-8-17-13-7-6-12(10-14(13)18(20)21)15(19)11-4-2-1-3-5-11/h1-7,10,17H,8-9H2,(H2,16,22,23). The average Bonchev–Trinajstić information content (AvgIpc) is 2.54. The predicted octanol–water partition coefficient (Wildman–Crippen LogP) is 1.53. The van der Waals surface area contributed by atoms with Crippen molar-refractivity contribution in [3.63, 3.8) is 0 Å². The molecule has 0 aliphatic heterocycles. The first-order valence-electron chi connectivity index (χ1n) is 6.90. The van der Waals surface area contributed by atoms with Gasteiger partial charge in [-0.1, -0.05) is 30.3 Å². The Bertz CT molecular complexity index is 866. The fourth-order valence-corrected chi connectivity index (χ4v) is 2.44. The molecule has 0 bridgehead atoms. The van der Waals surface area contributed by atoms with Crippen molar-refractivity contribution >= 4 is 27.2 Å². The molecule has 3 N–H and O–H groups in total. The normalized spacial score (nSPS) is 11.0. The zero-order chi connectivity index (χ0) is 17.7. The van der Waals surface area contributed by atoms with Crippen molar-refractivity contribution in [2.24, 2.45) is 5.14 Å². The van der Waals surface area contributed by atoms with Crippen LogP contribution in [0.4, 0.5) is 11.4 Å². The highest BCUT2D eigenvalue weighted by Crippen LogP contribution is 2.26. The molecule has 9 heteroatoms. The van der Waals surface area contributed by atoms with E-state index >= 15 is 0 Å². The molecule has 0 aliphatic rings. The van der Waals surface area contributed by atoms with Crippen molar-refractivity contribution in [2.45, 2.75) is 0 Å². The summed E-state index contributed by atoms with van der Waals surface area (Å²) < 4.78 is 21.8. The topological polar surface area (TPSA) is 132 Å². The van der Waals surface area contributed by atoms with E-state index in [4.69, 9.17) is 5.14 Å². The smallest absolute Gasteiger partial charge is 0.293 e. The summed E-state index contributed by atoms with van der Waals surface area (Å²) in [5.41, 5.74) is 0.395. The van der Waals surface area contributed by atoms with Crippen LogP contribution < -0.4 is 10.5 Å². The first-order chi connectivity index (χ1) is 11.3. The lowest BCUT2D eigenvalue weighted by Gasteiger charge is -2.08. The first kappa shape index (κ1) is 17.6. The zero-order valence-corrected chi connectivity index (χ0v) is 13.3. The SMILES string of the molecule is NS(=O)(=O)CCNc1ccc(C(=O)c2ccccc2)cc1[N+](=O)[O-]. The summed E-state index contributed by atoms with van der Waals surface area (Å²) in [7, 11) is -3.67. The van der Waals surface area contributed by atoms with Crippen LogP contribution in [0.1, 0.15) is 15.9 Å². The van der Waals surface area contributed by atoms with Gasteiger partial charge < -0.3 is 5.32 Å². The second kappa shape index (κ2) is 7.20. The van der Waals surface area contributed by atoms with Gasteiger partial charge >= 0.3 is 0 Å². The Morgan fingerprint density at radius 1 is 1.12 bits per heavy atom. The van der Waals surface area contributed by atoms with Crippen LogP contribution in [0, 0.1) is 10.1 Å². The highest BCUT2D eigenvalue weighted by molar-refractivity contribution is 7.89. The minimum Gasteiger partial charge on any atom is -0.378 e. The summed E-state index contributed by atoms with van der Waals surface area (Å²) in [4.78, 5) is 22.9. The molecule has 8 nitrogen and oxygen atoms in total. The third-order valence-electron chi connectivity index (χ3n) is 3.19. The van der Waals surface area contributed by atoms with Crippen LogP contribution in [0.25, 0.3) is 0 Å². The number of carbonyl (C=O) groups excluding carboxylic acids is 1. The van der Waals surface area contributed by atoms with Crippen LogP contribution in [-0.2, 0) is 10.0 Å². The molecule has 0 radical (unpaired) electrons. The molecule has 2 aromatic rings. The molecule has 0 amide bonds. The second-order valence-corrected chi connectivity index (χ2v) is 6.71. The number of primary sulfonamides is 1. The summed E-state index contributed by atoms with van der Waals surface area (Å²) >= 11 is 0. The zero-order valence-electron chi connectivity index (χ0n) is 12.5. The fraction of sp³-hybridized carbons (Fsp3) is 0.133. The van der Waals surface area contributed by atoms with Gasteiger partial charge in [-0.2, -0.15) is 0 Å². The number of hydrogen-bond donors (Lipinski definition) is 2. The number of rotatable bonds is 7. The molecular weight excluding hydrogens is 334 g/mol. The van der Waals surface area contributed by atoms with Crippen LogP contribution >= 0.6 is 0 Å². The molecule has 0 atom stereocenters. The van der Waals surface area contributed by atoms with Gasteiger partial charge in [-0.05, 0) is 12.1 Å². The lowest BCUT2D eigenvalue weighted by Crippen LogP contribution is -2.22. The van der Waals surface area contributed by atoms with E-state index in [-0.39, 0.29) is 35.0 Å². The van der Waals surface area contributed by atoms with E-state index in [2.05, 4.69) is 5.32 Å². The molecular formula is C15H15N3O5S. The van der Waals surface area contributed by atoms with Gasteiger partial charge in [0, 0.05) is 23.7 Å². The van der Waals surface area contributed by atoms with Crippen molar-refractivity contribution in [2.75, 3.05) is 17.6 Å². The van der Waals surface area contributed by atoms with Crippen LogP contribution in [-0.4, -0.2) is 31.4 Å². The molecule has 2 rings (SSSR count). The summed E-state index contributed by atoms with van der Waals surface area (Å²) in [5.74, 6) is -0.704. The van der Waals surface area contributed by atoms with Gasteiger partial charge in [-0.25, -0.2) is 13.6 Å². The Hall–Kier alpha value is -2.78. The maximum Gasteiger partial charge on any atom is 0.293 e. The summed E-state index contributed by atoms with van der Waals surface area (Å²) in [6.07, 6.45) is 0. The van der Waals surface area contributed by atoms with Crippen molar-refractivity contribution in [1.82, 2.24) is 0 Å². The Labute approximate surface area is 138 Å². The van der Waals surface area contributed by atoms with Gasteiger partial charge in [0.05, 0.1) is 10.7 Å². The van der Waals surface area contributed by atoms with E-state index in [1.165, 1.54) is 12.1 Å². The molecule has 0 heterocycles. The van der Waals surface area contributed by atoms with Gasteiger partial charge in [0.25, 0.3) is 5.69 Å². The quantitative estimate of drug-likeness (QED) is 0.442. The summed E-state index contributed by atoms with van der Waals surface area (Å²) in [6, 6.07) is 12.4. The third-order valence-corrected chi connectivity index (χ3v) is 3.97. The van der Waals surface area contributed by atoms with Crippen molar-refractivity contribution in [1.29, 1.82) is 0 Å². The summed E-state index contributed by atoms with van der Waals surface area (Å²) in [5, 5.41) is 18.7. The Kier molecular flexibility index (Phi) is 5.27. The van der Waals surface area contributed by atoms with Crippen molar-refractivity contribution in [3.05, 3.63) is 69.8 Å². The van der Waals surface area contributed by atoms with E-state index in [0.717, 1.165) is 6.07 Å². The van der Waals surface area contributed by atoms with Crippen LogP contribution in [0.5, 0.6) is 0 Å². The number of nitrogens with two attached hydrogens (primary N) is 1. The van der Waals surface area contributed by atoms with Crippen molar-refractivity contribution in [3.8, 4) is 0 Å². The predicted molar refractivity (Wildman–Crippen MR) is 89.4 cm³/mol. The second-order valence-electron chi connectivity index (χ2n) is 4.98. The molecule has 0 saturated heterocycles. The first-order valence-corrected chi connectivity index (χ1v) is 8.62. The van der Waals surface area contributed by atoms with E-state index in [9.17, 15) is 23.3 Å². The fourth-order valence-electron chi connectivity index (χ4n) is 2.06. The van der Waals surface area contributed by atoms with Crippen LogP contribution in [0.3, 0.4) is 0 Å². The third kappa shape index (κ3) is 4.61. The maximum atomic E-state index is 12.3. The maximum absolute atomic E-state index is 12.3. The Morgan fingerprint density at radius 2 is 1.79 bits per heavy atom. The highest BCUT2D eigenvalue weighted by Gasteiger charge is 2.18. The largest absolute Gasteiger partial charge is 0.378 e. The number of hydrogen-bond acceptors (Lipinski definition) is 6. The van der Waals surface area contributed by atoms with E-state index in [0.29, 0.717) is 5.56 Å². The number of nitrogens with zero attached hydrogens (tertiary/aromatic N) is 1. The number of carbonyl (C=O) groups is 1. The number of nitro groups is 1. The monoisotopic (exact) mass is 349 g/mol. The number of sulfonamides is 1. The molecule has 24 heavy (non-hydrogen) atoms. The Morgan fingerprint density at radius 3 is 2.38 bits per heavy atom. The molecule has 0 fully saturated rings. The molecule has 0 aromatic heterocycles. The molecule has 2 aromatic carbocycles. The van der Waals surface area contributed by atoms with E-state index in [1.807, 2.05) is 0 Å². The average molecular weight is 349 g/mol. The molecule has 0 spiro atoms. The lowest BCUT2D eigenvalue weighted by atomic mass is 10.0. The number of nitro benzene ring substituents is 1. The highest BCUT2D eigenvalue weighted by atomic mass is 32.2. The van der Waals surface area contributed by atoms with Crippen LogP contribution in [0.2, 0.25) is 0 Å². The Balaban J connectivity index is 2.26. The van der Waals surface area contributed by atoms with Gasteiger partial charge in [0.1, 0.15) is 5.69 Å². The summed E-state index contributed by atoms with van der Waals surface area (Å²) in [6.45, 7) is -0.0777. The molecule has 0 saturated carbocycles. The number of anilines is 1. The minimum absolute atomic E-state index is 0.0777. The number of ketones is 1. The van der Waals surface area contributed by atoms with Crippen LogP contribution in [0.15, 0.2) is 48.5 Å². The van der Waals surface area contributed by atoms with Gasteiger partial charge in [0.15, 0.2) is 5.78 Å². The number of nitrogens with one attached hydrogen (secondary N) is 1. The lowest BCUT2D eigenvalue weighted by molar-refractivity contribution is -0.384. The van der Waals surface area contributed by atoms with Gasteiger partial charge in [-0.3, -0.25) is 14.9 Å². The van der Waals surface area contributed by atoms with E-state index in [1.54, 1.807) is 30.3 Å². The van der Waals surface area contributed by atoms with Gasteiger partial charge in [-0.15, -0.1) is 0 Å². The minimum atomic E-state index is -3.67. The molecule has 0 aliphatic carbocycles. The number of benzene rings is 2. The van der Waals surface area contributed by atoms with E-state index < -0.39 is 14.9 Å². The van der Waals surface area contributed by atoms with Gasteiger partial charge in [0.2, 0.25) is 10.0 Å². The molecule has 126 valence electrons.